The molecule has 5 nitrogen and oxygen atoms in total. The number of hydrogen-bond acceptors (Lipinski definition) is 4. The molecule has 1 aromatic heterocycles. The number of carbonyl (C=O) groups is 1. The molecule has 0 saturated heterocycles. The lowest BCUT2D eigenvalue weighted by Crippen LogP contribution is -2.36. The van der Waals surface area contributed by atoms with Crippen molar-refractivity contribution in [3.8, 4) is 5.88 Å². The topological polar surface area (TPSA) is 71.5 Å². The highest BCUT2D eigenvalue weighted by Crippen LogP contribution is 2.28. The van der Waals surface area contributed by atoms with Crippen LogP contribution in [0.3, 0.4) is 0 Å². The standard InChI is InChI=1S/C12H15F3N2O3/c1-7(2)20-10-9(4-3-5-16-10)17-6-8(11(18)19)12(13,14)15/h3-5,7-8,17H,6H2,1-2H3,(H,18,19). The highest BCUT2D eigenvalue weighted by atomic mass is 19.4. The van der Waals surface area contributed by atoms with E-state index in [-0.39, 0.29) is 17.7 Å². The molecule has 1 rings (SSSR count). The summed E-state index contributed by atoms with van der Waals surface area (Å²) >= 11 is 0. The number of halogens is 3. The smallest absolute Gasteiger partial charge is 0.403 e. The molecule has 0 radical (unpaired) electrons. The van der Waals surface area contributed by atoms with Crippen molar-refractivity contribution >= 4 is 11.7 Å². The quantitative estimate of drug-likeness (QED) is 0.843. The molecule has 112 valence electrons. The predicted octanol–water partition coefficient (Wildman–Crippen LogP) is 2.54. The maximum Gasteiger partial charge on any atom is 0.403 e. The fourth-order valence-electron chi connectivity index (χ4n) is 1.40. The molecule has 0 spiro atoms. The van der Waals surface area contributed by atoms with Crippen LogP contribution in [0.5, 0.6) is 5.88 Å². The Morgan fingerprint density at radius 2 is 2.15 bits per heavy atom. The van der Waals surface area contributed by atoms with Gasteiger partial charge in [-0.2, -0.15) is 13.2 Å². The van der Waals surface area contributed by atoms with Crippen LogP contribution in [0.4, 0.5) is 18.9 Å². The Morgan fingerprint density at radius 1 is 1.50 bits per heavy atom. The van der Waals surface area contributed by atoms with Gasteiger partial charge in [0.25, 0.3) is 0 Å². The first-order chi connectivity index (χ1) is 9.21. The summed E-state index contributed by atoms with van der Waals surface area (Å²) in [5.74, 6) is -4.29. The normalized spacial score (nSPS) is 13.1. The monoisotopic (exact) mass is 292 g/mol. The number of nitrogens with one attached hydrogen (secondary N) is 1. The minimum Gasteiger partial charge on any atom is -0.481 e. The van der Waals surface area contributed by atoms with Crippen molar-refractivity contribution < 1.29 is 27.8 Å². The predicted molar refractivity (Wildman–Crippen MR) is 65.7 cm³/mol. The van der Waals surface area contributed by atoms with Gasteiger partial charge in [0.05, 0.1) is 11.8 Å². The number of nitrogens with zero attached hydrogens (tertiary/aromatic N) is 1. The van der Waals surface area contributed by atoms with E-state index < -0.39 is 24.6 Å². The van der Waals surface area contributed by atoms with Gasteiger partial charge in [0.15, 0.2) is 5.92 Å². The average Bonchev–Trinajstić information content (AvgIpc) is 2.28. The van der Waals surface area contributed by atoms with E-state index in [1.54, 1.807) is 13.8 Å². The number of rotatable bonds is 6. The van der Waals surface area contributed by atoms with Crippen molar-refractivity contribution in [2.45, 2.75) is 26.1 Å². The van der Waals surface area contributed by atoms with E-state index in [1.165, 1.54) is 18.3 Å². The first-order valence-corrected chi connectivity index (χ1v) is 5.87. The van der Waals surface area contributed by atoms with Crippen LogP contribution in [0.25, 0.3) is 0 Å². The second-order valence-corrected chi connectivity index (χ2v) is 4.34. The number of carboxylic acids is 1. The van der Waals surface area contributed by atoms with Gasteiger partial charge in [-0.3, -0.25) is 4.79 Å². The number of carboxylic acid groups (broad SMARTS) is 1. The molecule has 20 heavy (non-hydrogen) atoms. The second kappa shape index (κ2) is 6.44. The first kappa shape index (κ1) is 16.1. The van der Waals surface area contributed by atoms with Crippen molar-refractivity contribution in [1.29, 1.82) is 0 Å². The molecule has 0 aliphatic rings. The molecule has 1 atom stereocenters. The fraction of sp³-hybridized carbons (Fsp3) is 0.500. The summed E-state index contributed by atoms with van der Waals surface area (Å²) in [6.07, 6.45) is -3.59. The van der Waals surface area contributed by atoms with Gasteiger partial charge in [0.1, 0.15) is 0 Å². The lowest BCUT2D eigenvalue weighted by Gasteiger charge is -2.19. The zero-order chi connectivity index (χ0) is 15.3. The summed E-state index contributed by atoms with van der Waals surface area (Å²) in [7, 11) is 0. The van der Waals surface area contributed by atoms with Crippen LogP contribution in [0.2, 0.25) is 0 Å². The molecule has 0 aliphatic heterocycles. The van der Waals surface area contributed by atoms with Crippen molar-refractivity contribution in [3.63, 3.8) is 0 Å². The summed E-state index contributed by atoms with van der Waals surface area (Å²) < 4.78 is 42.9. The van der Waals surface area contributed by atoms with Crippen LogP contribution in [0.15, 0.2) is 18.3 Å². The van der Waals surface area contributed by atoms with Gasteiger partial charge in [-0.1, -0.05) is 0 Å². The maximum absolute atomic E-state index is 12.5. The van der Waals surface area contributed by atoms with Crippen molar-refractivity contribution in [2.24, 2.45) is 5.92 Å². The van der Waals surface area contributed by atoms with Crippen LogP contribution in [-0.4, -0.2) is 34.9 Å². The Labute approximate surface area is 113 Å². The molecule has 0 aromatic carbocycles. The number of alkyl halides is 3. The fourth-order valence-corrected chi connectivity index (χ4v) is 1.40. The third-order valence-corrected chi connectivity index (χ3v) is 2.31. The lowest BCUT2D eigenvalue weighted by molar-refractivity contribution is -0.190. The largest absolute Gasteiger partial charge is 0.481 e. The van der Waals surface area contributed by atoms with Crippen LogP contribution in [-0.2, 0) is 4.79 Å². The molecule has 0 saturated carbocycles. The molecule has 1 unspecified atom stereocenters. The highest BCUT2D eigenvalue weighted by molar-refractivity contribution is 5.72. The summed E-state index contributed by atoms with van der Waals surface area (Å²) in [4.78, 5) is 14.5. The number of pyridine rings is 1. The lowest BCUT2D eigenvalue weighted by atomic mass is 10.1. The number of aromatic nitrogens is 1. The van der Waals surface area contributed by atoms with Crippen molar-refractivity contribution in [1.82, 2.24) is 4.98 Å². The van der Waals surface area contributed by atoms with Gasteiger partial charge in [0, 0.05) is 12.7 Å². The van der Waals surface area contributed by atoms with Crippen molar-refractivity contribution in [2.75, 3.05) is 11.9 Å². The Kier molecular flexibility index (Phi) is 5.18. The molecular formula is C12H15F3N2O3. The summed E-state index contributed by atoms with van der Waals surface area (Å²) in [5, 5.41) is 11.0. The minimum atomic E-state index is -4.82. The van der Waals surface area contributed by atoms with E-state index in [0.717, 1.165) is 0 Å². The maximum atomic E-state index is 12.5. The second-order valence-electron chi connectivity index (χ2n) is 4.34. The molecule has 0 fully saturated rings. The van der Waals surface area contributed by atoms with E-state index in [4.69, 9.17) is 9.84 Å². The van der Waals surface area contributed by atoms with E-state index >= 15 is 0 Å². The number of ether oxygens (including phenoxy) is 1. The molecular weight excluding hydrogens is 277 g/mol. The third kappa shape index (κ3) is 4.60. The molecule has 0 amide bonds. The SMILES string of the molecule is CC(C)Oc1ncccc1NCC(C(=O)O)C(F)(F)F. The van der Waals surface area contributed by atoms with Gasteiger partial charge < -0.3 is 15.2 Å². The van der Waals surface area contributed by atoms with Gasteiger partial charge in [-0.15, -0.1) is 0 Å². The summed E-state index contributed by atoms with van der Waals surface area (Å²) in [6, 6.07) is 2.99. The van der Waals surface area contributed by atoms with E-state index in [0.29, 0.717) is 0 Å². The van der Waals surface area contributed by atoms with E-state index in [2.05, 4.69) is 10.3 Å². The molecule has 8 heteroatoms. The Balaban J connectivity index is 2.81. The van der Waals surface area contributed by atoms with Crippen LogP contribution in [0, 0.1) is 5.92 Å². The number of aliphatic carboxylic acids is 1. The first-order valence-electron chi connectivity index (χ1n) is 5.87. The van der Waals surface area contributed by atoms with Gasteiger partial charge in [0.2, 0.25) is 5.88 Å². The molecule has 1 aromatic rings. The minimum absolute atomic E-state index is 0.133. The van der Waals surface area contributed by atoms with Gasteiger partial charge in [-0.05, 0) is 26.0 Å². The summed E-state index contributed by atoms with van der Waals surface area (Å²) in [6.45, 7) is 2.70. The number of hydrogen-bond donors (Lipinski definition) is 2. The highest BCUT2D eigenvalue weighted by Gasteiger charge is 2.44. The number of anilines is 1. The van der Waals surface area contributed by atoms with Gasteiger partial charge in [-0.25, -0.2) is 4.98 Å². The molecule has 0 bridgehead atoms. The summed E-state index contributed by atoms with van der Waals surface area (Å²) in [5.41, 5.74) is 0.219. The van der Waals surface area contributed by atoms with Crippen LogP contribution < -0.4 is 10.1 Å². The third-order valence-electron chi connectivity index (χ3n) is 2.31. The van der Waals surface area contributed by atoms with Crippen LogP contribution >= 0.6 is 0 Å². The van der Waals surface area contributed by atoms with Crippen molar-refractivity contribution in [3.05, 3.63) is 18.3 Å². The molecule has 1 heterocycles. The molecule has 0 aliphatic carbocycles. The average molecular weight is 292 g/mol. The molecule has 2 N–H and O–H groups in total. The zero-order valence-electron chi connectivity index (χ0n) is 10.9. The van der Waals surface area contributed by atoms with Crippen LogP contribution in [0.1, 0.15) is 13.8 Å². The zero-order valence-corrected chi connectivity index (χ0v) is 10.9. The Hall–Kier alpha value is -1.99. The Morgan fingerprint density at radius 3 is 2.65 bits per heavy atom. The Bertz CT molecular complexity index is 464. The van der Waals surface area contributed by atoms with E-state index in [9.17, 15) is 18.0 Å². The van der Waals surface area contributed by atoms with Gasteiger partial charge >= 0.3 is 12.1 Å². The van der Waals surface area contributed by atoms with E-state index in [1.807, 2.05) is 0 Å².